The van der Waals surface area contributed by atoms with E-state index in [2.05, 4.69) is 55.4 Å². The summed E-state index contributed by atoms with van der Waals surface area (Å²) >= 11 is 0. The van der Waals surface area contributed by atoms with Crippen LogP contribution >= 0.6 is 12.4 Å². The number of nitrogens with one attached hydrogen (secondary N) is 1. The Bertz CT molecular complexity index is 309. The van der Waals surface area contributed by atoms with Crippen LogP contribution in [0.2, 0.25) is 0 Å². The summed E-state index contributed by atoms with van der Waals surface area (Å²) in [6, 6.07) is 9.05. The first kappa shape index (κ1) is 17.4. The molecule has 0 unspecified atom stereocenters. The van der Waals surface area contributed by atoms with Gasteiger partial charge in [0.15, 0.2) is 0 Å². The van der Waals surface area contributed by atoms with E-state index in [-0.39, 0.29) is 12.4 Å². The predicted octanol–water partition coefficient (Wildman–Crippen LogP) is 2.96. The Hall–Kier alpha value is -0.570. The second kappa shape index (κ2) is 9.37. The quantitative estimate of drug-likeness (QED) is 0.820. The van der Waals surface area contributed by atoms with Crippen LogP contribution in [0.3, 0.4) is 0 Å². The molecule has 0 aliphatic carbocycles. The molecule has 2 nitrogen and oxygen atoms in total. The van der Waals surface area contributed by atoms with Gasteiger partial charge in [-0.2, -0.15) is 0 Å². The van der Waals surface area contributed by atoms with Gasteiger partial charge in [-0.15, -0.1) is 12.4 Å². The van der Waals surface area contributed by atoms with E-state index in [9.17, 15) is 0 Å². The fourth-order valence-electron chi connectivity index (χ4n) is 1.95. The maximum atomic E-state index is 3.17. The zero-order valence-corrected chi connectivity index (χ0v) is 12.9. The van der Waals surface area contributed by atoms with Crippen LogP contribution in [0.4, 0.5) is 0 Å². The van der Waals surface area contributed by atoms with Gasteiger partial charge in [0.2, 0.25) is 0 Å². The highest BCUT2D eigenvalue weighted by Crippen LogP contribution is 2.10. The number of benzene rings is 1. The normalized spacial score (nSPS) is 10.8. The Balaban J connectivity index is 0.00000289. The van der Waals surface area contributed by atoms with E-state index in [1.807, 2.05) is 7.05 Å². The van der Waals surface area contributed by atoms with E-state index >= 15 is 0 Å². The van der Waals surface area contributed by atoms with Crippen molar-refractivity contribution in [2.45, 2.75) is 26.8 Å². The van der Waals surface area contributed by atoms with Crippen LogP contribution in [0.1, 0.15) is 25.0 Å². The molecular formula is C15H27ClN2. The van der Waals surface area contributed by atoms with Crippen molar-refractivity contribution >= 4 is 12.4 Å². The average Bonchev–Trinajstić information content (AvgIpc) is 2.28. The molecule has 0 aromatic heterocycles. The monoisotopic (exact) mass is 270 g/mol. The minimum atomic E-state index is 0. The highest BCUT2D eigenvalue weighted by atomic mass is 35.5. The van der Waals surface area contributed by atoms with Crippen molar-refractivity contribution in [3.63, 3.8) is 0 Å². The van der Waals surface area contributed by atoms with Crippen molar-refractivity contribution in [2.75, 3.05) is 27.2 Å². The second-order valence-electron chi connectivity index (χ2n) is 5.26. The number of rotatable bonds is 7. The number of hydrogen-bond donors (Lipinski definition) is 1. The van der Waals surface area contributed by atoms with E-state index in [1.54, 1.807) is 0 Å². The molecule has 1 aromatic rings. The smallest absolute Gasteiger partial charge is 0.0231 e. The van der Waals surface area contributed by atoms with Crippen LogP contribution in [-0.2, 0) is 13.0 Å². The van der Waals surface area contributed by atoms with Crippen LogP contribution in [0.5, 0.6) is 0 Å². The molecule has 0 heterocycles. The van der Waals surface area contributed by atoms with Gasteiger partial charge < -0.3 is 10.2 Å². The van der Waals surface area contributed by atoms with Gasteiger partial charge in [-0.1, -0.05) is 38.1 Å². The van der Waals surface area contributed by atoms with Gasteiger partial charge in [-0.3, -0.25) is 0 Å². The molecule has 0 saturated heterocycles. The summed E-state index contributed by atoms with van der Waals surface area (Å²) in [7, 11) is 4.16. The minimum absolute atomic E-state index is 0. The lowest BCUT2D eigenvalue weighted by atomic mass is 10.0. The van der Waals surface area contributed by atoms with Gasteiger partial charge in [0.05, 0.1) is 0 Å². The molecule has 0 radical (unpaired) electrons. The summed E-state index contributed by atoms with van der Waals surface area (Å²) in [6.07, 6.45) is 1.18. The van der Waals surface area contributed by atoms with E-state index in [0.29, 0.717) is 0 Å². The lowest BCUT2D eigenvalue weighted by Crippen LogP contribution is -2.26. The fraction of sp³-hybridized carbons (Fsp3) is 0.600. The standard InChI is InChI=1S/C15H26N2.ClH/c1-13(2)11-14-5-7-15(8-6-14)12-17(4)10-9-16-3;/h5-8,13,16H,9-12H2,1-4H3;1H. The van der Waals surface area contributed by atoms with Crippen molar-refractivity contribution < 1.29 is 0 Å². The van der Waals surface area contributed by atoms with Gasteiger partial charge in [-0.25, -0.2) is 0 Å². The topological polar surface area (TPSA) is 15.3 Å². The van der Waals surface area contributed by atoms with Crippen LogP contribution in [0, 0.1) is 5.92 Å². The van der Waals surface area contributed by atoms with Gasteiger partial charge in [-0.05, 0) is 37.6 Å². The van der Waals surface area contributed by atoms with E-state index in [1.165, 1.54) is 17.5 Å². The zero-order valence-electron chi connectivity index (χ0n) is 12.1. The van der Waals surface area contributed by atoms with Crippen molar-refractivity contribution in [1.29, 1.82) is 0 Å². The third kappa shape index (κ3) is 7.00. The van der Waals surface area contributed by atoms with Crippen LogP contribution in [0.25, 0.3) is 0 Å². The van der Waals surface area contributed by atoms with E-state index in [0.717, 1.165) is 25.6 Å². The Morgan fingerprint density at radius 2 is 1.67 bits per heavy atom. The van der Waals surface area contributed by atoms with Gasteiger partial charge >= 0.3 is 0 Å². The first-order valence-electron chi connectivity index (χ1n) is 6.52. The molecule has 0 bridgehead atoms. The average molecular weight is 271 g/mol. The number of hydrogen-bond acceptors (Lipinski definition) is 2. The van der Waals surface area contributed by atoms with Crippen molar-refractivity contribution in [3.05, 3.63) is 35.4 Å². The van der Waals surface area contributed by atoms with Gasteiger partial charge in [0, 0.05) is 19.6 Å². The summed E-state index contributed by atoms with van der Waals surface area (Å²) in [5.41, 5.74) is 2.85. The Labute approximate surface area is 118 Å². The maximum absolute atomic E-state index is 3.17. The molecule has 0 fully saturated rings. The highest BCUT2D eigenvalue weighted by molar-refractivity contribution is 5.85. The molecule has 0 aliphatic heterocycles. The van der Waals surface area contributed by atoms with E-state index in [4.69, 9.17) is 0 Å². The molecule has 104 valence electrons. The molecule has 0 amide bonds. The third-order valence-electron chi connectivity index (χ3n) is 2.86. The van der Waals surface area contributed by atoms with Gasteiger partial charge in [0.25, 0.3) is 0 Å². The molecule has 1 N–H and O–H groups in total. The van der Waals surface area contributed by atoms with Crippen LogP contribution in [-0.4, -0.2) is 32.1 Å². The SMILES string of the molecule is CNCCN(C)Cc1ccc(CC(C)C)cc1.Cl. The van der Waals surface area contributed by atoms with Crippen molar-refractivity contribution in [3.8, 4) is 0 Å². The fourth-order valence-corrected chi connectivity index (χ4v) is 1.95. The molecule has 0 spiro atoms. The number of halogens is 1. The summed E-state index contributed by atoms with van der Waals surface area (Å²) in [4.78, 5) is 2.34. The highest BCUT2D eigenvalue weighted by Gasteiger charge is 2.01. The minimum Gasteiger partial charge on any atom is -0.318 e. The third-order valence-corrected chi connectivity index (χ3v) is 2.86. The Kier molecular flexibility index (Phi) is 9.08. The van der Waals surface area contributed by atoms with Crippen LogP contribution < -0.4 is 5.32 Å². The molecule has 3 heteroatoms. The van der Waals surface area contributed by atoms with Crippen molar-refractivity contribution in [1.82, 2.24) is 10.2 Å². The zero-order chi connectivity index (χ0) is 12.7. The molecule has 0 aliphatic rings. The van der Waals surface area contributed by atoms with Crippen LogP contribution in [0.15, 0.2) is 24.3 Å². The first-order valence-corrected chi connectivity index (χ1v) is 6.52. The lowest BCUT2D eigenvalue weighted by molar-refractivity contribution is 0.328. The molecule has 18 heavy (non-hydrogen) atoms. The maximum Gasteiger partial charge on any atom is 0.0231 e. The Morgan fingerprint density at radius 3 is 2.17 bits per heavy atom. The number of nitrogens with zero attached hydrogens (tertiary/aromatic N) is 1. The summed E-state index contributed by atoms with van der Waals surface area (Å²) in [5, 5.41) is 3.17. The molecule has 1 aromatic carbocycles. The first-order chi connectivity index (χ1) is 8.11. The van der Waals surface area contributed by atoms with Crippen molar-refractivity contribution in [2.24, 2.45) is 5.92 Å². The summed E-state index contributed by atoms with van der Waals surface area (Å²) in [6.45, 7) is 7.69. The largest absolute Gasteiger partial charge is 0.318 e. The predicted molar refractivity (Wildman–Crippen MR) is 82.5 cm³/mol. The number of likely N-dealkylation sites (N-methyl/N-ethyl adjacent to an activating group) is 2. The lowest BCUT2D eigenvalue weighted by Gasteiger charge is -2.16. The van der Waals surface area contributed by atoms with Gasteiger partial charge in [0.1, 0.15) is 0 Å². The molecule has 0 atom stereocenters. The summed E-state index contributed by atoms with van der Waals surface area (Å²) in [5.74, 6) is 0.735. The molecule has 1 rings (SSSR count). The van der Waals surface area contributed by atoms with E-state index < -0.39 is 0 Å². The molecular weight excluding hydrogens is 244 g/mol. The second-order valence-corrected chi connectivity index (χ2v) is 5.26. The molecule has 0 saturated carbocycles. The Morgan fingerprint density at radius 1 is 1.11 bits per heavy atom. The summed E-state index contributed by atoms with van der Waals surface area (Å²) < 4.78 is 0.